The van der Waals surface area contributed by atoms with Crippen molar-refractivity contribution in [1.82, 2.24) is 9.80 Å². The van der Waals surface area contributed by atoms with Crippen molar-refractivity contribution in [1.29, 1.82) is 0 Å². The molecule has 0 aliphatic carbocycles. The van der Waals surface area contributed by atoms with Gasteiger partial charge in [-0.3, -0.25) is 4.90 Å². The second kappa shape index (κ2) is 5.99. The molecule has 0 spiro atoms. The maximum Gasteiger partial charge on any atom is 0.128 e. The van der Waals surface area contributed by atoms with Crippen molar-refractivity contribution in [3.05, 3.63) is 35.6 Å². The predicted octanol–water partition coefficient (Wildman–Crippen LogP) is 1.71. The number of halogens is 1. The molecule has 1 fully saturated rings. The Kier molecular flexibility index (Phi) is 4.55. The number of benzene rings is 1. The summed E-state index contributed by atoms with van der Waals surface area (Å²) in [6.45, 7) is 4.62. The van der Waals surface area contributed by atoms with Gasteiger partial charge >= 0.3 is 0 Å². The number of hydrogen-bond acceptors (Lipinski definition) is 3. The van der Waals surface area contributed by atoms with Gasteiger partial charge in [-0.25, -0.2) is 4.39 Å². The molecule has 0 saturated carbocycles. The monoisotopic (exact) mass is 265 g/mol. The van der Waals surface area contributed by atoms with Crippen LogP contribution in [0.15, 0.2) is 24.3 Å². The highest BCUT2D eigenvalue weighted by atomic mass is 19.1. The van der Waals surface area contributed by atoms with Gasteiger partial charge in [0.25, 0.3) is 0 Å². The molecule has 2 N–H and O–H groups in total. The Balaban J connectivity index is 2.18. The molecule has 0 amide bonds. The molecule has 0 aromatic heterocycles. The normalized spacial score (nSPS) is 26.0. The van der Waals surface area contributed by atoms with E-state index in [4.69, 9.17) is 5.73 Å². The zero-order valence-electron chi connectivity index (χ0n) is 12.0. The number of nitrogens with two attached hydrogens (primary N) is 1. The van der Waals surface area contributed by atoms with Gasteiger partial charge < -0.3 is 10.6 Å². The molecule has 0 radical (unpaired) electrons. The van der Waals surface area contributed by atoms with E-state index in [1.165, 1.54) is 6.07 Å². The van der Waals surface area contributed by atoms with Gasteiger partial charge in [-0.05, 0) is 26.1 Å². The first-order chi connectivity index (χ1) is 9.04. The van der Waals surface area contributed by atoms with Crippen LogP contribution in [0.2, 0.25) is 0 Å². The number of rotatable bonds is 4. The lowest BCUT2D eigenvalue weighted by Crippen LogP contribution is -2.37. The summed E-state index contributed by atoms with van der Waals surface area (Å²) in [7, 11) is 4.20. The molecule has 1 aliphatic rings. The Morgan fingerprint density at radius 3 is 2.58 bits per heavy atom. The van der Waals surface area contributed by atoms with E-state index < -0.39 is 0 Å². The van der Waals surface area contributed by atoms with Crippen molar-refractivity contribution >= 4 is 0 Å². The van der Waals surface area contributed by atoms with Gasteiger partial charge in [0.1, 0.15) is 5.82 Å². The van der Waals surface area contributed by atoms with Gasteiger partial charge in [0.05, 0.1) is 0 Å². The highest BCUT2D eigenvalue weighted by Gasteiger charge is 2.35. The Morgan fingerprint density at radius 2 is 2.05 bits per heavy atom. The summed E-state index contributed by atoms with van der Waals surface area (Å²) in [6, 6.07) is 7.46. The van der Waals surface area contributed by atoms with E-state index in [0.717, 1.165) is 18.7 Å². The summed E-state index contributed by atoms with van der Waals surface area (Å²) in [5.74, 6) is 0.426. The highest BCUT2D eigenvalue weighted by Crippen LogP contribution is 2.29. The first-order valence-corrected chi connectivity index (χ1v) is 6.89. The summed E-state index contributed by atoms with van der Waals surface area (Å²) in [6.07, 6.45) is 0. The van der Waals surface area contributed by atoms with Crippen molar-refractivity contribution in [2.75, 3.05) is 33.7 Å². The standard InChI is InChI=1S/C15H24FN3/c1-11-9-19(10-15(11)18(2)3)14(8-17)12-6-4-5-7-13(12)16/h4-7,11,14-15H,8-10,17H2,1-3H3. The van der Waals surface area contributed by atoms with Crippen LogP contribution in [0.1, 0.15) is 18.5 Å². The van der Waals surface area contributed by atoms with Gasteiger partial charge in [0.2, 0.25) is 0 Å². The van der Waals surface area contributed by atoms with E-state index in [1.54, 1.807) is 6.07 Å². The minimum absolute atomic E-state index is 0.0198. The van der Waals surface area contributed by atoms with Crippen LogP contribution in [0.3, 0.4) is 0 Å². The second-order valence-corrected chi connectivity index (χ2v) is 5.74. The zero-order valence-corrected chi connectivity index (χ0v) is 12.0. The van der Waals surface area contributed by atoms with Crippen molar-refractivity contribution < 1.29 is 4.39 Å². The van der Waals surface area contributed by atoms with Crippen LogP contribution in [0, 0.1) is 11.7 Å². The largest absolute Gasteiger partial charge is 0.329 e. The molecule has 4 heteroatoms. The SMILES string of the molecule is CC1CN(C(CN)c2ccccc2F)CC1N(C)C. The molecule has 3 nitrogen and oxygen atoms in total. The van der Waals surface area contributed by atoms with E-state index in [-0.39, 0.29) is 11.9 Å². The molecule has 1 aromatic rings. The molecule has 0 bridgehead atoms. The smallest absolute Gasteiger partial charge is 0.128 e. The Labute approximate surface area is 115 Å². The number of likely N-dealkylation sites (N-methyl/N-ethyl adjacent to an activating group) is 1. The third kappa shape index (κ3) is 2.96. The first kappa shape index (κ1) is 14.4. The van der Waals surface area contributed by atoms with E-state index in [2.05, 4.69) is 30.8 Å². The number of hydrogen-bond donors (Lipinski definition) is 1. The lowest BCUT2D eigenvalue weighted by molar-refractivity contribution is 0.216. The quantitative estimate of drug-likeness (QED) is 0.899. The molecule has 2 rings (SSSR count). The molecule has 1 aromatic carbocycles. The summed E-state index contributed by atoms with van der Waals surface area (Å²) < 4.78 is 13.9. The zero-order chi connectivity index (χ0) is 14.0. The molecule has 3 unspecified atom stereocenters. The molecular formula is C15H24FN3. The van der Waals surface area contributed by atoms with Crippen molar-refractivity contribution in [2.45, 2.75) is 19.0 Å². The van der Waals surface area contributed by atoms with Crippen molar-refractivity contribution in [3.63, 3.8) is 0 Å². The van der Waals surface area contributed by atoms with Gasteiger partial charge in [-0.15, -0.1) is 0 Å². The number of nitrogens with zero attached hydrogens (tertiary/aromatic N) is 2. The van der Waals surface area contributed by atoms with Crippen LogP contribution in [0.4, 0.5) is 4.39 Å². The van der Waals surface area contributed by atoms with Crippen LogP contribution in [0.5, 0.6) is 0 Å². The maximum absolute atomic E-state index is 13.9. The molecule has 3 atom stereocenters. The summed E-state index contributed by atoms with van der Waals surface area (Å²) in [5, 5.41) is 0. The third-order valence-electron chi connectivity index (χ3n) is 4.19. The fourth-order valence-electron chi connectivity index (χ4n) is 3.13. The summed E-state index contributed by atoms with van der Waals surface area (Å²) >= 11 is 0. The van der Waals surface area contributed by atoms with E-state index >= 15 is 0 Å². The third-order valence-corrected chi connectivity index (χ3v) is 4.19. The Morgan fingerprint density at radius 1 is 1.37 bits per heavy atom. The van der Waals surface area contributed by atoms with Crippen molar-refractivity contribution in [2.24, 2.45) is 11.7 Å². The molecule has 19 heavy (non-hydrogen) atoms. The number of likely N-dealkylation sites (tertiary alicyclic amines) is 1. The van der Waals surface area contributed by atoms with Gasteiger partial charge in [-0.2, -0.15) is 0 Å². The first-order valence-electron chi connectivity index (χ1n) is 6.89. The van der Waals surface area contributed by atoms with Gasteiger partial charge in [0.15, 0.2) is 0 Å². The lowest BCUT2D eigenvalue weighted by atomic mass is 10.0. The van der Waals surface area contributed by atoms with E-state index in [1.807, 2.05) is 12.1 Å². The summed E-state index contributed by atoms with van der Waals surface area (Å²) in [4.78, 5) is 4.56. The minimum atomic E-state index is -0.154. The van der Waals surface area contributed by atoms with Gasteiger partial charge in [-0.1, -0.05) is 25.1 Å². The second-order valence-electron chi connectivity index (χ2n) is 5.74. The molecule has 1 heterocycles. The van der Waals surface area contributed by atoms with Crippen LogP contribution < -0.4 is 5.73 Å². The van der Waals surface area contributed by atoms with E-state index in [9.17, 15) is 4.39 Å². The molecule has 1 saturated heterocycles. The minimum Gasteiger partial charge on any atom is -0.329 e. The highest BCUT2D eigenvalue weighted by molar-refractivity contribution is 5.22. The molecule has 106 valence electrons. The Hall–Kier alpha value is -0.970. The topological polar surface area (TPSA) is 32.5 Å². The molecular weight excluding hydrogens is 241 g/mol. The van der Waals surface area contributed by atoms with Crippen LogP contribution >= 0.6 is 0 Å². The lowest BCUT2D eigenvalue weighted by Gasteiger charge is -2.28. The van der Waals surface area contributed by atoms with E-state index in [0.29, 0.717) is 18.5 Å². The Bertz CT molecular complexity index is 422. The average Bonchev–Trinajstić information content (AvgIpc) is 2.75. The maximum atomic E-state index is 13.9. The van der Waals surface area contributed by atoms with Gasteiger partial charge in [0, 0.05) is 37.3 Å². The van der Waals surface area contributed by atoms with Crippen LogP contribution in [0.25, 0.3) is 0 Å². The summed E-state index contributed by atoms with van der Waals surface area (Å²) in [5.41, 5.74) is 6.62. The fourth-order valence-corrected chi connectivity index (χ4v) is 3.13. The van der Waals surface area contributed by atoms with Crippen LogP contribution in [-0.4, -0.2) is 49.6 Å². The van der Waals surface area contributed by atoms with Crippen LogP contribution in [-0.2, 0) is 0 Å². The molecule has 1 aliphatic heterocycles. The average molecular weight is 265 g/mol. The predicted molar refractivity (Wildman–Crippen MR) is 76.4 cm³/mol. The van der Waals surface area contributed by atoms with Crippen molar-refractivity contribution in [3.8, 4) is 0 Å². The fraction of sp³-hybridized carbons (Fsp3) is 0.600.